The van der Waals surface area contributed by atoms with Gasteiger partial charge in [0.05, 0.1) is 18.9 Å². The second-order valence-corrected chi connectivity index (χ2v) is 7.87. The Bertz CT molecular complexity index is 1290. The number of aromatic nitrogens is 4. The van der Waals surface area contributed by atoms with Gasteiger partial charge < -0.3 is 15.0 Å². The number of nitrogens with one attached hydrogen (secondary N) is 1. The summed E-state index contributed by atoms with van der Waals surface area (Å²) >= 11 is 0. The molecule has 0 unspecified atom stereocenters. The summed E-state index contributed by atoms with van der Waals surface area (Å²) in [5, 5.41) is 3.09. The maximum absolute atomic E-state index is 12.7. The smallest absolute Gasteiger partial charge is 0.254 e. The van der Waals surface area contributed by atoms with Crippen molar-refractivity contribution < 1.29 is 9.53 Å². The minimum Gasteiger partial charge on any atom is -0.378 e. The van der Waals surface area contributed by atoms with Crippen molar-refractivity contribution in [3.05, 3.63) is 78.8 Å². The first-order valence-electron chi connectivity index (χ1n) is 11.1. The first kappa shape index (κ1) is 21.7. The number of ether oxygens (including phenoxy) is 1. The fourth-order valence-electron chi connectivity index (χ4n) is 3.82. The van der Waals surface area contributed by atoms with E-state index in [-0.39, 0.29) is 5.91 Å². The summed E-state index contributed by atoms with van der Waals surface area (Å²) in [6.07, 6.45) is 5.31. The van der Waals surface area contributed by atoms with Crippen LogP contribution in [0.4, 0.5) is 5.82 Å². The molecule has 34 heavy (non-hydrogen) atoms. The average molecular weight is 453 g/mol. The molecule has 1 amide bonds. The third kappa shape index (κ3) is 4.62. The molecule has 170 valence electrons. The minimum atomic E-state index is 0.0318. The predicted molar refractivity (Wildman–Crippen MR) is 130 cm³/mol. The van der Waals surface area contributed by atoms with Crippen LogP contribution in [-0.2, 0) is 4.74 Å². The second kappa shape index (κ2) is 9.76. The number of morpholine rings is 1. The number of hydrogen-bond donors (Lipinski definition) is 1. The van der Waals surface area contributed by atoms with Gasteiger partial charge in [0.25, 0.3) is 5.91 Å². The third-order valence-electron chi connectivity index (χ3n) is 5.67. The molecule has 0 saturated carbocycles. The van der Waals surface area contributed by atoms with Crippen molar-refractivity contribution in [2.45, 2.75) is 0 Å². The number of benzene rings is 1. The summed E-state index contributed by atoms with van der Waals surface area (Å²) < 4.78 is 5.34. The number of carbonyl (C=O) groups excluding carboxylic acids is 1. The van der Waals surface area contributed by atoms with Crippen LogP contribution in [0.3, 0.4) is 0 Å². The first-order valence-corrected chi connectivity index (χ1v) is 11.1. The van der Waals surface area contributed by atoms with Crippen molar-refractivity contribution in [2.24, 2.45) is 0 Å². The zero-order valence-corrected chi connectivity index (χ0v) is 18.8. The highest BCUT2D eigenvalue weighted by molar-refractivity contribution is 5.94. The normalized spacial score (nSPS) is 13.5. The molecule has 0 aliphatic carbocycles. The molecule has 1 aliphatic heterocycles. The van der Waals surface area contributed by atoms with E-state index in [0.717, 1.165) is 22.4 Å². The van der Waals surface area contributed by atoms with Crippen molar-refractivity contribution in [3.63, 3.8) is 0 Å². The average Bonchev–Trinajstić information content (AvgIpc) is 2.93. The molecular weight excluding hydrogens is 428 g/mol. The molecule has 0 bridgehead atoms. The fraction of sp³-hybridized carbons (Fsp3) is 0.192. The first-order chi connectivity index (χ1) is 16.7. The van der Waals surface area contributed by atoms with Gasteiger partial charge >= 0.3 is 0 Å². The number of pyridine rings is 2. The van der Waals surface area contributed by atoms with E-state index in [1.54, 1.807) is 12.4 Å². The monoisotopic (exact) mass is 452 g/mol. The van der Waals surface area contributed by atoms with E-state index < -0.39 is 0 Å². The van der Waals surface area contributed by atoms with E-state index >= 15 is 0 Å². The van der Waals surface area contributed by atoms with Crippen molar-refractivity contribution in [3.8, 4) is 33.9 Å². The van der Waals surface area contributed by atoms with Crippen molar-refractivity contribution in [1.29, 1.82) is 0 Å². The summed E-state index contributed by atoms with van der Waals surface area (Å²) in [6.45, 7) is 2.42. The lowest BCUT2D eigenvalue weighted by atomic mass is 10.0. The molecule has 3 aromatic heterocycles. The highest BCUT2D eigenvalue weighted by Crippen LogP contribution is 2.27. The number of nitrogens with zero attached hydrogens (tertiary/aromatic N) is 5. The van der Waals surface area contributed by atoms with Gasteiger partial charge in [0.2, 0.25) is 0 Å². The summed E-state index contributed by atoms with van der Waals surface area (Å²) in [6, 6.07) is 17.2. The van der Waals surface area contributed by atoms with Crippen molar-refractivity contribution in [1.82, 2.24) is 24.8 Å². The SMILES string of the molecule is CNc1cc(-c2cncc(-c3ccc(C(=O)N4CCOCC4)cc3)c2)nc(-c2ccccn2)n1. The maximum Gasteiger partial charge on any atom is 0.254 e. The molecule has 4 aromatic rings. The zero-order chi connectivity index (χ0) is 23.3. The lowest BCUT2D eigenvalue weighted by molar-refractivity contribution is 0.0303. The second-order valence-electron chi connectivity index (χ2n) is 7.87. The largest absolute Gasteiger partial charge is 0.378 e. The van der Waals surface area contributed by atoms with Gasteiger partial charge in [-0.2, -0.15) is 0 Å². The molecule has 8 nitrogen and oxygen atoms in total. The van der Waals surface area contributed by atoms with E-state index in [9.17, 15) is 4.79 Å². The van der Waals surface area contributed by atoms with Crippen LogP contribution in [0.5, 0.6) is 0 Å². The highest BCUT2D eigenvalue weighted by Gasteiger charge is 2.18. The molecule has 0 radical (unpaired) electrons. The highest BCUT2D eigenvalue weighted by atomic mass is 16.5. The Balaban J connectivity index is 1.43. The van der Waals surface area contributed by atoms with E-state index in [1.807, 2.05) is 72.7 Å². The van der Waals surface area contributed by atoms with Crippen molar-refractivity contribution in [2.75, 3.05) is 38.7 Å². The van der Waals surface area contributed by atoms with Gasteiger partial charge in [-0.1, -0.05) is 18.2 Å². The Morgan fingerprint density at radius 3 is 2.44 bits per heavy atom. The van der Waals surface area contributed by atoms with Crippen LogP contribution in [-0.4, -0.2) is 64.1 Å². The van der Waals surface area contributed by atoms with Gasteiger partial charge in [-0.15, -0.1) is 0 Å². The van der Waals surface area contributed by atoms with E-state index in [1.165, 1.54) is 0 Å². The summed E-state index contributed by atoms with van der Waals surface area (Å²) in [5.74, 6) is 1.27. The van der Waals surface area contributed by atoms with Gasteiger partial charge in [-0.05, 0) is 35.9 Å². The Morgan fingerprint density at radius 2 is 1.71 bits per heavy atom. The number of rotatable bonds is 5. The Kier molecular flexibility index (Phi) is 6.22. The minimum absolute atomic E-state index is 0.0318. The predicted octanol–water partition coefficient (Wildman–Crippen LogP) is 3.78. The molecule has 1 fully saturated rings. The van der Waals surface area contributed by atoms with Crippen LogP contribution in [0.15, 0.2) is 73.2 Å². The third-order valence-corrected chi connectivity index (χ3v) is 5.67. The van der Waals surface area contributed by atoms with E-state index in [4.69, 9.17) is 9.72 Å². The summed E-state index contributed by atoms with van der Waals surface area (Å²) in [4.78, 5) is 32.6. The number of carbonyl (C=O) groups is 1. The molecule has 8 heteroatoms. The van der Waals surface area contributed by atoms with Crippen molar-refractivity contribution >= 4 is 11.7 Å². The molecule has 4 heterocycles. The van der Waals surface area contributed by atoms with Crippen LogP contribution in [0.1, 0.15) is 10.4 Å². The Hall–Kier alpha value is -4.17. The van der Waals surface area contributed by atoms with E-state index in [2.05, 4.69) is 20.3 Å². The van der Waals surface area contributed by atoms with Gasteiger partial charge in [0.1, 0.15) is 11.5 Å². The van der Waals surface area contributed by atoms with Gasteiger partial charge in [0.15, 0.2) is 5.82 Å². The molecule has 1 aromatic carbocycles. The lowest BCUT2D eigenvalue weighted by Crippen LogP contribution is -2.40. The fourth-order valence-corrected chi connectivity index (χ4v) is 3.82. The van der Waals surface area contributed by atoms with Crippen LogP contribution in [0.2, 0.25) is 0 Å². The van der Waals surface area contributed by atoms with Crippen LogP contribution < -0.4 is 5.32 Å². The number of anilines is 1. The topological polar surface area (TPSA) is 93.1 Å². The Labute approximate surface area is 197 Å². The van der Waals surface area contributed by atoms with Crippen LogP contribution in [0, 0.1) is 0 Å². The van der Waals surface area contributed by atoms with Crippen LogP contribution >= 0.6 is 0 Å². The summed E-state index contributed by atoms with van der Waals surface area (Å²) in [7, 11) is 1.82. The molecule has 1 aliphatic rings. The molecule has 0 spiro atoms. The molecule has 5 rings (SSSR count). The van der Waals surface area contributed by atoms with Gasteiger partial charge in [-0.3, -0.25) is 14.8 Å². The summed E-state index contributed by atoms with van der Waals surface area (Å²) in [5.41, 5.74) is 4.89. The van der Waals surface area contributed by atoms with Crippen LogP contribution in [0.25, 0.3) is 33.9 Å². The van der Waals surface area contributed by atoms with Gasteiger partial charge in [0, 0.05) is 61.5 Å². The molecule has 1 N–H and O–H groups in total. The van der Waals surface area contributed by atoms with Gasteiger partial charge in [-0.25, -0.2) is 9.97 Å². The van der Waals surface area contributed by atoms with E-state index in [0.29, 0.717) is 49.2 Å². The number of hydrogen-bond acceptors (Lipinski definition) is 7. The number of amides is 1. The lowest BCUT2D eigenvalue weighted by Gasteiger charge is -2.26. The standard InChI is InChI=1S/C26H24N6O2/c1-27-24-15-23(30-25(31-24)22-4-2-3-9-29-22)21-14-20(16-28-17-21)18-5-7-19(8-6-18)26(33)32-10-12-34-13-11-32/h2-9,14-17H,10-13H2,1H3,(H,27,30,31). The maximum atomic E-state index is 12.7. The Morgan fingerprint density at radius 1 is 0.912 bits per heavy atom. The molecule has 0 atom stereocenters. The molecular formula is C26H24N6O2. The zero-order valence-electron chi connectivity index (χ0n) is 18.8. The molecule has 1 saturated heterocycles. The quantitative estimate of drug-likeness (QED) is 0.493.